The lowest BCUT2D eigenvalue weighted by molar-refractivity contribution is -0.136. The summed E-state index contributed by atoms with van der Waals surface area (Å²) in [6.07, 6.45) is 2.86. The van der Waals surface area contributed by atoms with Crippen LogP contribution in [0.1, 0.15) is 187 Å². The molecule has 0 saturated heterocycles. The second kappa shape index (κ2) is 61.3. The first kappa shape index (κ1) is 115. The Balaban J connectivity index is 1.43. The minimum absolute atomic E-state index is 0.0331. The molecule has 5 aromatic rings. The standard InChI is InChI=1S/C96H148N24O17/c1-8-57(5)80(82(103)124)119-89(131)70(41-20-24-48-100)114-95(137)81(58(6)9-2)120-94(136)77(55-121)109-79(123)54-107-85(127)68(39-18-22-46-98)111-92(134)75(52-63-34-25-32-61-30-13-15-36-65(61)63)117-87(129)69(40-19-23-47-99)110-83(125)59(7)108-86(128)72(43-44-78(102)122)113-93(135)76(53-64-35-26-33-62-31-14-16-37-66(62)64)118-88(130)71(42-27-49-106-96(104)105)112-91(133)74(51-60-28-11-10-12-29-60)116-90(132)73(50-56(3)4)115-84(126)67(101)38-17-21-45-97/h10-16,25-26,28-37,56-59,67-77,80-81,121H,8-9,17-24,27,38-55,97-101H2,1-7H3,(H2,102,122)(H2,103,124)(H,107,127)(H,108,128)(H,109,123)(H,110,125)(H,111,134)(H,112,133)(H,113,135)(H,114,137)(H,115,126)(H,116,132)(H,117,129)(H,118,130)(H,119,131)(H,120,136)(H4,104,105,106)/t57-,58-,59+,67+,68+,69+,70+,71+,72+,73+,74+,75+,76+,77+,80+,81+/m0/s1. The summed E-state index contributed by atoms with van der Waals surface area (Å²) in [5.41, 5.74) is 48.2. The molecule has 41 nitrogen and oxygen atoms in total. The van der Waals surface area contributed by atoms with Crippen molar-refractivity contribution in [3.63, 3.8) is 0 Å². The fourth-order valence-corrected chi connectivity index (χ4v) is 15.4. The lowest BCUT2D eigenvalue weighted by atomic mass is 9.96. The highest BCUT2D eigenvalue weighted by atomic mass is 16.3. The quantitative estimate of drug-likeness (QED) is 0.0119. The zero-order valence-corrected chi connectivity index (χ0v) is 79.9. The van der Waals surface area contributed by atoms with Crippen molar-refractivity contribution in [3.8, 4) is 0 Å². The molecule has 41 heteroatoms. The topological polar surface area (TPSA) is 706 Å². The summed E-state index contributed by atoms with van der Waals surface area (Å²) in [6.45, 7) is 11.2. The Labute approximate surface area is 800 Å². The van der Waals surface area contributed by atoms with Crippen LogP contribution >= 0.6 is 0 Å². The molecule has 16 amide bonds. The molecule has 16 atom stereocenters. The number of nitrogens with two attached hydrogens (primary N) is 8. The van der Waals surface area contributed by atoms with Gasteiger partial charge in [0, 0.05) is 32.2 Å². The summed E-state index contributed by atoms with van der Waals surface area (Å²) >= 11 is 0. The highest BCUT2D eigenvalue weighted by Crippen LogP contribution is 2.24. The van der Waals surface area contributed by atoms with E-state index in [1.807, 2.05) is 45.0 Å². The Kier molecular flexibility index (Phi) is 51.3. The number of guanidine groups is 1. The van der Waals surface area contributed by atoms with Gasteiger partial charge in [0.25, 0.3) is 0 Å². The molecule has 0 radical (unpaired) electrons. The molecule has 0 aliphatic heterocycles. The minimum Gasteiger partial charge on any atom is -0.394 e. The molecule has 0 aliphatic carbocycles. The Bertz CT molecular complexity index is 4790. The number of amides is 16. The van der Waals surface area contributed by atoms with Crippen molar-refractivity contribution in [2.75, 3.05) is 45.9 Å². The largest absolute Gasteiger partial charge is 0.394 e. The van der Waals surface area contributed by atoms with Crippen LogP contribution in [0.2, 0.25) is 0 Å². The number of aliphatic hydroxyl groups excluding tert-OH is 1. The molecular formula is C96H148N24O17. The van der Waals surface area contributed by atoms with Crippen LogP contribution in [-0.2, 0) is 96.0 Å². The molecule has 0 aliphatic rings. The van der Waals surface area contributed by atoms with Crippen molar-refractivity contribution < 1.29 is 81.8 Å². The monoisotopic (exact) mass is 1910 g/mol. The van der Waals surface area contributed by atoms with Crippen LogP contribution in [0.4, 0.5) is 0 Å². The molecule has 0 spiro atoms. The van der Waals surface area contributed by atoms with Gasteiger partial charge in [0.2, 0.25) is 94.5 Å². The van der Waals surface area contributed by atoms with E-state index in [-0.39, 0.29) is 115 Å². The number of unbranched alkanes of at least 4 members (excludes halogenated alkanes) is 4. The van der Waals surface area contributed by atoms with E-state index in [0.29, 0.717) is 91.8 Å². The second-order valence-electron chi connectivity index (χ2n) is 35.2. The van der Waals surface area contributed by atoms with Crippen LogP contribution in [0.3, 0.4) is 0 Å². The van der Waals surface area contributed by atoms with Crippen LogP contribution in [-0.4, -0.2) is 236 Å². The Morgan fingerprint density at radius 1 is 0.350 bits per heavy atom. The van der Waals surface area contributed by atoms with Crippen molar-refractivity contribution in [1.29, 1.82) is 5.41 Å². The number of primary amides is 2. The highest BCUT2D eigenvalue weighted by Gasteiger charge is 2.39. The van der Waals surface area contributed by atoms with Gasteiger partial charge in [-0.2, -0.15) is 0 Å². The lowest BCUT2D eigenvalue weighted by Crippen LogP contribution is -2.61. The van der Waals surface area contributed by atoms with Gasteiger partial charge in [-0.3, -0.25) is 82.1 Å². The number of rotatable bonds is 65. The van der Waals surface area contributed by atoms with E-state index in [9.17, 15) is 57.8 Å². The summed E-state index contributed by atoms with van der Waals surface area (Å²) in [5.74, 6) is -15.4. The zero-order chi connectivity index (χ0) is 101. The van der Waals surface area contributed by atoms with E-state index < -0.39 is 211 Å². The van der Waals surface area contributed by atoms with Gasteiger partial charge in [0.1, 0.15) is 78.5 Å². The van der Waals surface area contributed by atoms with Gasteiger partial charge < -0.3 is 131 Å². The van der Waals surface area contributed by atoms with Crippen molar-refractivity contribution in [2.24, 2.45) is 63.6 Å². The molecule has 33 N–H and O–H groups in total. The average Bonchev–Trinajstić information content (AvgIpc) is 0.837. The van der Waals surface area contributed by atoms with Crippen LogP contribution in [0.15, 0.2) is 115 Å². The molecule has 5 aromatic carbocycles. The van der Waals surface area contributed by atoms with Gasteiger partial charge in [0.05, 0.1) is 19.2 Å². The number of hydrogen-bond acceptors (Lipinski definition) is 23. The zero-order valence-electron chi connectivity index (χ0n) is 79.9. The number of nitrogens with one attached hydrogen (secondary N) is 16. The van der Waals surface area contributed by atoms with Gasteiger partial charge >= 0.3 is 0 Å². The fraction of sp³-hybridized carbons (Fsp3) is 0.552. The first-order chi connectivity index (χ1) is 65.4. The molecule has 754 valence electrons. The SMILES string of the molecule is CC[C@H](C)[C@@H](NC(=O)[C@@H](CCCCN)NC(=O)[C@H](NC(=O)[C@@H](CO)NC(=O)CNC(=O)[C@@H](CCCCN)NC(=O)[C@@H](Cc1cccc2ccccc12)NC(=O)[C@@H](CCCCN)NC(=O)[C@@H](C)NC(=O)[C@@H](CCC(N)=O)NC(=O)[C@@H](Cc1cccc2ccccc12)NC(=O)[C@@H](CCCNC(=N)N)NC(=O)[C@@H](Cc1ccccc1)NC(=O)[C@@H](CC(C)C)NC(=O)[C@H](N)CCCCN)[C@@H](C)CC)C(N)=O. The molecule has 0 aromatic heterocycles. The first-order valence-electron chi connectivity index (χ1n) is 47.4. The maximum atomic E-state index is 15.3. The van der Waals surface area contributed by atoms with E-state index in [2.05, 4.69) is 79.8 Å². The lowest BCUT2D eigenvalue weighted by Gasteiger charge is -2.29. The average molecular weight is 1910 g/mol. The van der Waals surface area contributed by atoms with Gasteiger partial charge in [-0.1, -0.05) is 176 Å². The number of benzene rings is 5. The molecule has 0 unspecified atom stereocenters. The normalized spacial score (nSPS) is 14.8. The van der Waals surface area contributed by atoms with E-state index in [0.717, 1.165) is 10.8 Å². The fourth-order valence-electron chi connectivity index (χ4n) is 15.4. The molecular weight excluding hydrogens is 1760 g/mol. The molecule has 0 heterocycles. The first-order valence-corrected chi connectivity index (χ1v) is 47.4. The van der Waals surface area contributed by atoms with Gasteiger partial charge in [-0.05, 0) is 185 Å². The maximum Gasteiger partial charge on any atom is 0.245 e. The molecule has 0 fully saturated rings. The predicted octanol–water partition coefficient (Wildman–Crippen LogP) is -1.55. The molecule has 5 rings (SSSR count). The Morgan fingerprint density at radius 2 is 0.723 bits per heavy atom. The van der Waals surface area contributed by atoms with Crippen molar-refractivity contribution in [2.45, 2.75) is 274 Å². The smallest absolute Gasteiger partial charge is 0.245 e. The summed E-state index contributed by atoms with van der Waals surface area (Å²) < 4.78 is 0. The second-order valence-corrected chi connectivity index (χ2v) is 35.2. The summed E-state index contributed by atoms with van der Waals surface area (Å²) in [7, 11) is 0. The van der Waals surface area contributed by atoms with E-state index >= 15 is 24.0 Å². The summed E-state index contributed by atoms with van der Waals surface area (Å²) in [6, 6.07) is 14.1. The third-order valence-corrected chi connectivity index (χ3v) is 23.7. The number of fused-ring (bicyclic) bond motifs is 2. The predicted molar refractivity (Wildman–Crippen MR) is 521 cm³/mol. The van der Waals surface area contributed by atoms with E-state index in [1.165, 1.54) is 6.92 Å². The van der Waals surface area contributed by atoms with Crippen LogP contribution in [0.5, 0.6) is 0 Å². The number of hydrogen-bond donors (Lipinski definition) is 25. The molecule has 0 bridgehead atoms. The van der Waals surface area contributed by atoms with Crippen LogP contribution in [0.25, 0.3) is 21.5 Å². The van der Waals surface area contributed by atoms with Crippen molar-refractivity contribution >= 4 is 122 Å². The number of carbonyl (C=O) groups excluding carboxylic acids is 16. The molecule has 0 saturated carbocycles. The van der Waals surface area contributed by atoms with Gasteiger partial charge in [0.15, 0.2) is 5.96 Å². The molecule has 137 heavy (non-hydrogen) atoms. The highest BCUT2D eigenvalue weighted by molar-refractivity contribution is 6.01. The number of aliphatic hydroxyl groups is 1. The number of carbonyl (C=O) groups is 16. The van der Waals surface area contributed by atoms with E-state index in [4.69, 9.17) is 51.3 Å². The van der Waals surface area contributed by atoms with Crippen LogP contribution < -0.4 is 126 Å². The summed E-state index contributed by atoms with van der Waals surface area (Å²) in [4.78, 5) is 228. The third-order valence-electron chi connectivity index (χ3n) is 23.7. The minimum atomic E-state index is -1.70. The van der Waals surface area contributed by atoms with Gasteiger partial charge in [-0.25, -0.2) is 0 Å². The van der Waals surface area contributed by atoms with Crippen molar-refractivity contribution in [1.82, 2.24) is 79.8 Å². The Morgan fingerprint density at radius 3 is 1.18 bits per heavy atom. The van der Waals surface area contributed by atoms with Crippen LogP contribution in [0, 0.1) is 23.2 Å². The van der Waals surface area contributed by atoms with E-state index in [1.54, 1.807) is 112 Å². The van der Waals surface area contributed by atoms with Gasteiger partial charge in [-0.15, -0.1) is 0 Å². The third kappa shape index (κ3) is 40.2. The Hall–Kier alpha value is -12.8. The van der Waals surface area contributed by atoms with Crippen molar-refractivity contribution in [3.05, 3.63) is 132 Å². The summed E-state index contributed by atoms with van der Waals surface area (Å²) in [5, 5.41) is 61.3. The maximum absolute atomic E-state index is 15.3.